The molecule has 0 fully saturated rings. The standard InChI is InChI=1S/C13H16F4N2O3.ClH/c1-7(18)2-5-11(20)19-9-4-3-8(21-12(14)15)6-10(9)22-13(16)17;/h3-4,6-7,12-13H,2,5,18H2,1H3,(H,19,20);1H. The number of amides is 1. The number of anilines is 1. The van der Waals surface area contributed by atoms with Crippen LogP contribution in [0, 0.1) is 0 Å². The second-order valence-electron chi connectivity index (χ2n) is 4.48. The number of nitrogens with one attached hydrogen (secondary N) is 1. The minimum Gasteiger partial charge on any atom is -0.435 e. The van der Waals surface area contributed by atoms with Gasteiger partial charge in [0.25, 0.3) is 0 Å². The summed E-state index contributed by atoms with van der Waals surface area (Å²) < 4.78 is 57.2. The van der Waals surface area contributed by atoms with Crippen LogP contribution in [-0.2, 0) is 4.79 Å². The first-order chi connectivity index (χ1) is 10.3. The molecule has 5 nitrogen and oxygen atoms in total. The molecule has 23 heavy (non-hydrogen) atoms. The van der Waals surface area contributed by atoms with Gasteiger partial charge in [-0.05, 0) is 25.5 Å². The smallest absolute Gasteiger partial charge is 0.387 e. The fourth-order valence-electron chi connectivity index (χ4n) is 1.55. The van der Waals surface area contributed by atoms with Crippen molar-refractivity contribution in [3.63, 3.8) is 0 Å². The van der Waals surface area contributed by atoms with Crippen LogP contribution >= 0.6 is 12.4 Å². The average Bonchev–Trinajstić information content (AvgIpc) is 2.38. The van der Waals surface area contributed by atoms with Gasteiger partial charge in [-0.2, -0.15) is 17.6 Å². The lowest BCUT2D eigenvalue weighted by Gasteiger charge is -2.14. The zero-order valence-corrected chi connectivity index (χ0v) is 12.9. The van der Waals surface area contributed by atoms with Gasteiger partial charge in [-0.3, -0.25) is 4.79 Å². The normalized spacial score (nSPS) is 11.8. The van der Waals surface area contributed by atoms with Gasteiger partial charge in [0.2, 0.25) is 5.91 Å². The number of carbonyl (C=O) groups excluding carboxylic acids is 1. The highest BCUT2D eigenvalue weighted by Gasteiger charge is 2.15. The molecule has 0 radical (unpaired) electrons. The summed E-state index contributed by atoms with van der Waals surface area (Å²) in [6.07, 6.45) is 0.491. The molecular formula is C13H17ClF4N2O3. The monoisotopic (exact) mass is 360 g/mol. The Kier molecular flexibility index (Phi) is 9.35. The van der Waals surface area contributed by atoms with E-state index in [2.05, 4.69) is 14.8 Å². The zero-order chi connectivity index (χ0) is 16.7. The molecule has 0 aliphatic heterocycles. The molecule has 1 atom stereocenters. The Balaban J connectivity index is 0.00000484. The van der Waals surface area contributed by atoms with Gasteiger partial charge in [-0.15, -0.1) is 12.4 Å². The molecule has 0 spiro atoms. The van der Waals surface area contributed by atoms with Crippen LogP contribution < -0.4 is 20.5 Å². The number of halogens is 5. The van der Waals surface area contributed by atoms with E-state index in [-0.39, 0.29) is 36.3 Å². The Morgan fingerprint density at radius 2 is 1.83 bits per heavy atom. The van der Waals surface area contributed by atoms with Crippen molar-refractivity contribution in [1.82, 2.24) is 0 Å². The molecule has 10 heteroatoms. The Bertz CT molecular complexity index is 504. The average molecular weight is 361 g/mol. The van der Waals surface area contributed by atoms with Gasteiger partial charge >= 0.3 is 13.2 Å². The number of nitrogens with two attached hydrogens (primary N) is 1. The van der Waals surface area contributed by atoms with E-state index in [1.807, 2.05) is 0 Å². The van der Waals surface area contributed by atoms with E-state index in [4.69, 9.17) is 5.73 Å². The Labute approximate surface area is 136 Å². The van der Waals surface area contributed by atoms with E-state index in [0.717, 1.165) is 18.2 Å². The maximum absolute atomic E-state index is 12.3. The van der Waals surface area contributed by atoms with Crippen molar-refractivity contribution in [3.05, 3.63) is 18.2 Å². The van der Waals surface area contributed by atoms with Crippen molar-refractivity contribution in [1.29, 1.82) is 0 Å². The summed E-state index contributed by atoms with van der Waals surface area (Å²) in [5, 5.41) is 2.36. The molecule has 1 amide bonds. The first-order valence-electron chi connectivity index (χ1n) is 6.37. The minimum absolute atomic E-state index is 0. The number of alkyl halides is 4. The van der Waals surface area contributed by atoms with Crippen LogP contribution in [0.3, 0.4) is 0 Å². The predicted octanol–water partition coefficient (Wildman–Crippen LogP) is 3.38. The molecule has 1 aromatic carbocycles. The summed E-state index contributed by atoms with van der Waals surface area (Å²) >= 11 is 0. The van der Waals surface area contributed by atoms with E-state index >= 15 is 0 Å². The lowest BCUT2D eigenvalue weighted by atomic mass is 10.2. The number of ether oxygens (including phenoxy) is 2. The number of benzene rings is 1. The molecule has 0 bridgehead atoms. The van der Waals surface area contributed by atoms with E-state index < -0.39 is 24.9 Å². The number of hydrogen-bond acceptors (Lipinski definition) is 4. The molecule has 0 aliphatic carbocycles. The third-order valence-corrected chi connectivity index (χ3v) is 2.50. The zero-order valence-electron chi connectivity index (χ0n) is 12.1. The molecule has 0 aliphatic rings. The van der Waals surface area contributed by atoms with Gasteiger partial charge in [0.15, 0.2) is 5.75 Å². The van der Waals surface area contributed by atoms with Crippen LogP contribution in [0.1, 0.15) is 19.8 Å². The minimum atomic E-state index is -3.18. The fraction of sp³-hybridized carbons (Fsp3) is 0.462. The number of carbonyl (C=O) groups is 1. The first kappa shape index (κ1) is 21.3. The summed E-state index contributed by atoms with van der Waals surface area (Å²) in [6, 6.07) is 2.90. The van der Waals surface area contributed by atoms with Crippen LogP contribution in [0.25, 0.3) is 0 Å². The second kappa shape index (κ2) is 10.1. The summed E-state index contributed by atoms with van der Waals surface area (Å²) in [5.74, 6) is -1.29. The summed E-state index contributed by atoms with van der Waals surface area (Å²) in [7, 11) is 0. The van der Waals surface area contributed by atoms with Crippen LogP contribution in [-0.4, -0.2) is 25.2 Å². The summed E-state index contributed by atoms with van der Waals surface area (Å²) in [4.78, 5) is 11.7. The van der Waals surface area contributed by atoms with Gasteiger partial charge in [0, 0.05) is 18.5 Å². The van der Waals surface area contributed by atoms with Crippen molar-refractivity contribution >= 4 is 24.0 Å². The highest BCUT2D eigenvalue weighted by atomic mass is 35.5. The van der Waals surface area contributed by atoms with Crippen LogP contribution in [0.15, 0.2) is 18.2 Å². The molecule has 1 unspecified atom stereocenters. The van der Waals surface area contributed by atoms with E-state index in [1.165, 1.54) is 0 Å². The quantitative estimate of drug-likeness (QED) is 0.697. The van der Waals surface area contributed by atoms with Gasteiger partial charge in [0.05, 0.1) is 5.69 Å². The van der Waals surface area contributed by atoms with Gasteiger partial charge in [-0.25, -0.2) is 0 Å². The summed E-state index contributed by atoms with van der Waals surface area (Å²) in [6.45, 7) is -4.57. The van der Waals surface area contributed by atoms with Crippen molar-refractivity contribution in [2.75, 3.05) is 5.32 Å². The SMILES string of the molecule is CC(N)CCC(=O)Nc1ccc(OC(F)F)cc1OC(F)F.Cl. The molecular weight excluding hydrogens is 344 g/mol. The molecule has 3 N–H and O–H groups in total. The molecule has 0 saturated heterocycles. The van der Waals surface area contributed by atoms with Crippen molar-refractivity contribution < 1.29 is 31.8 Å². The highest BCUT2D eigenvalue weighted by molar-refractivity contribution is 5.92. The Morgan fingerprint density at radius 3 is 2.35 bits per heavy atom. The van der Waals surface area contributed by atoms with E-state index in [9.17, 15) is 22.4 Å². The largest absolute Gasteiger partial charge is 0.435 e. The summed E-state index contributed by atoms with van der Waals surface area (Å²) in [5.41, 5.74) is 5.43. The predicted molar refractivity (Wildman–Crippen MR) is 78.5 cm³/mol. The molecule has 0 saturated carbocycles. The molecule has 1 aromatic rings. The van der Waals surface area contributed by atoms with E-state index in [0.29, 0.717) is 6.42 Å². The number of hydrogen-bond donors (Lipinski definition) is 2. The first-order valence-corrected chi connectivity index (χ1v) is 6.37. The molecule has 0 heterocycles. The molecule has 1 rings (SSSR count). The maximum Gasteiger partial charge on any atom is 0.387 e. The van der Waals surface area contributed by atoms with Crippen molar-refractivity contribution in [3.8, 4) is 11.5 Å². The van der Waals surface area contributed by atoms with E-state index in [1.54, 1.807) is 6.92 Å². The molecule has 132 valence electrons. The highest BCUT2D eigenvalue weighted by Crippen LogP contribution is 2.31. The Morgan fingerprint density at radius 1 is 1.22 bits per heavy atom. The van der Waals surface area contributed by atoms with Crippen LogP contribution in [0.2, 0.25) is 0 Å². The van der Waals surface area contributed by atoms with Crippen molar-refractivity contribution in [2.45, 2.75) is 39.0 Å². The van der Waals surface area contributed by atoms with Crippen LogP contribution in [0.4, 0.5) is 23.2 Å². The van der Waals surface area contributed by atoms with Gasteiger partial charge in [-0.1, -0.05) is 0 Å². The van der Waals surface area contributed by atoms with Gasteiger partial charge < -0.3 is 20.5 Å². The fourth-order valence-corrected chi connectivity index (χ4v) is 1.55. The third-order valence-electron chi connectivity index (χ3n) is 2.50. The number of rotatable bonds is 8. The lowest BCUT2D eigenvalue weighted by Crippen LogP contribution is -2.20. The van der Waals surface area contributed by atoms with Gasteiger partial charge in [0.1, 0.15) is 5.75 Å². The Hall–Kier alpha value is -1.74. The maximum atomic E-state index is 12.3. The van der Waals surface area contributed by atoms with Crippen LogP contribution in [0.5, 0.6) is 11.5 Å². The molecule has 0 aromatic heterocycles. The third kappa shape index (κ3) is 8.46. The van der Waals surface area contributed by atoms with Crippen molar-refractivity contribution in [2.24, 2.45) is 5.73 Å². The second-order valence-corrected chi connectivity index (χ2v) is 4.48. The topological polar surface area (TPSA) is 73.6 Å². The lowest BCUT2D eigenvalue weighted by molar-refractivity contribution is -0.116.